The monoisotopic (exact) mass is 392 g/mol. The Morgan fingerprint density at radius 3 is 2.45 bits per heavy atom. The maximum Gasteiger partial charge on any atom is 0.271 e. The second-order valence-electron chi connectivity index (χ2n) is 6.42. The van der Waals surface area contributed by atoms with E-state index < -0.39 is 0 Å². The maximum atomic E-state index is 12.6. The Morgan fingerprint density at radius 2 is 1.79 bits per heavy atom. The fourth-order valence-electron chi connectivity index (χ4n) is 2.78. The highest BCUT2D eigenvalue weighted by molar-refractivity contribution is 5.95. The minimum atomic E-state index is -0.291. The van der Waals surface area contributed by atoms with Crippen molar-refractivity contribution in [1.82, 2.24) is 15.1 Å². The number of anilines is 1. The zero-order valence-corrected chi connectivity index (χ0v) is 16.5. The molecule has 29 heavy (non-hydrogen) atoms. The van der Waals surface area contributed by atoms with Crippen molar-refractivity contribution in [2.75, 3.05) is 19.0 Å². The summed E-state index contributed by atoms with van der Waals surface area (Å²) >= 11 is 0. The summed E-state index contributed by atoms with van der Waals surface area (Å²) in [6, 6.07) is 18.7. The number of hydrogen-bond acceptors (Lipinski definition) is 4. The molecule has 150 valence electrons. The van der Waals surface area contributed by atoms with Crippen molar-refractivity contribution in [1.29, 1.82) is 0 Å². The first-order chi connectivity index (χ1) is 14.1. The maximum absolute atomic E-state index is 12.6. The minimum absolute atomic E-state index is 0.145. The van der Waals surface area contributed by atoms with Crippen molar-refractivity contribution in [3.63, 3.8) is 0 Å². The van der Waals surface area contributed by atoms with Crippen molar-refractivity contribution in [2.45, 2.75) is 19.8 Å². The average Bonchev–Trinajstić information content (AvgIpc) is 3.18. The number of nitrogens with zero attached hydrogens (tertiary/aromatic N) is 2. The van der Waals surface area contributed by atoms with E-state index in [0.29, 0.717) is 25.2 Å². The van der Waals surface area contributed by atoms with Crippen molar-refractivity contribution in [3.05, 3.63) is 71.9 Å². The number of para-hydroxylation sites is 1. The SMILES string of the molecule is CCC(=O)Nc1cc(C(=O)NCCc2ccc(OC)cc2)nn1-c1ccccc1. The van der Waals surface area contributed by atoms with Crippen LogP contribution in [-0.4, -0.2) is 35.2 Å². The number of nitrogens with one attached hydrogen (secondary N) is 2. The van der Waals surface area contributed by atoms with E-state index in [-0.39, 0.29) is 17.5 Å². The van der Waals surface area contributed by atoms with Crippen LogP contribution in [0.5, 0.6) is 5.75 Å². The number of methoxy groups -OCH3 is 1. The molecule has 2 N–H and O–H groups in total. The lowest BCUT2D eigenvalue weighted by Gasteiger charge is -2.07. The highest BCUT2D eigenvalue weighted by Gasteiger charge is 2.16. The normalized spacial score (nSPS) is 10.4. The molecule has 0 aliphatic carbocycles. The van der Waals surface area contributed by atoms with Gasteiger partial charge in [-0.3, -0.25) is 9.59 Å². The molecule has 0 radical (unpaired) electrons. The molecule has 7 nitrogen and oxygen atoms in total. The molecule has 0 atom stereocenters. The van der Waals surface area contributed by atoms with Crippen LogP contribution in [0.3, 0.4) is 0 Å². The molecule has 0 saturated heterocycles. The van der Waals surface area contributed by atoms with Crippen molar-refractivity contribution in [2.24, 2.45) is 0 Å². The number of carbonyl (C=O) groups excluding carboxylic acids is 2. The smallest absolute Gasteiger partial charge is 0.271 e. The number of hydrogen-bond donors (Lipinski definition) is 2. The second kappa shape index (κ2) is 9.54. The molecule has 7 heteroatoms. The molecule has 0 bridgehead atoms. The highest BCUT2D eigenvalue weighted by atomic mass is 16.5. The molecule has 2 amide bonds. The summed E-state index contributed by atoms with van der Waals surface area (Å²) in [5.41, 5.74) is 2.10. The zero-order chi connectivity index (χ0) is 20.6. The first-order valence-electron chi connectivity index (χ1n) is 9.47. The number of carbonyl (C=O) groups is 2. The molecular formula is C22H24N4O3. The van der Waals surface area contributed by atoms with Gasteiger partial charge in [0.2, 0.25) is 5.91 Å². The van der Waals surface area contributed by atoms with Crippen LogP contribution in [0.15, 0.2) is 60.7 Å². The van der Waals surface area contributed by atoms with E-state index in [1.54, 1.807) is 24.8 Å². The molecule has 3 aromatic rings. The highest BCUT2D eigenvalue weighted by Crippen LogP contribution is 2.18. The summed E-state index contributed by atoms with van der Waals surface area (Å²) < 4.78 is 6.71. The van der Waals surface area contributed by atoms with Gasteiger partial charge in [0.1, 0.15) is 11.6 Å². The van der Waals surface area contributed by atoms with E-state index in [0.717, 1.165) is 17.0 Å². The van der Waals surface area contributed by atoms with Crippen LogP contribution in [0.1, 0.15) is 29.4 Å². The van der Waals surface area contributed by atoms with Gasteiger partial charge in [0, 0.05) is 19.0 Å². The quantitative estimate of drug-likeness (QED) is 0.616. The largest absolute Gasteiger partial charge is 0.497 e. The van der Waals surface area contributed by atoms with Gasteiger partial charge in [-0.25, -0.2) is 4.68 Å². The molecule has 0 spiro atoms. The van der Waals surface area contributed by atoms with Crippen molar-refractivity contribution < 1.29 is 14.3 Å². The average molecular weight is 392 g/mol. The molecule has 3 rings (SSSR count). The number of amides is 2. The van der Waals surface area contributed by atoms with Gasteiger partial charge in [-0.2, -0.15) is 5.10 Å². The van der Waals surface area contributed by atoms with Crippen LogP contribution in [0.2, 0.25) is 0 Å². The summed E-state index contributed by atoms with van der Waals surface area (Å²) in [6.07, 6.45) is 1.03. The van der Waals surface area contributed by atoms with E-state index in [9.17, 15) is 9.59 Å². The predicted octanol–water partition coefficient (Wildman–Crippen LogP) is 3.20. The Kier molecular flexibility index (Phi) is 6.63. The standard InChI is InChI=1S/C22H24N4O3/c1-3-21(27)24-20-15-19(25-26(20)17-7-5-4-6-8-17)22(28)23-14-13-16-9-11-18(29-2)12-10-16/h4-12,15H,3,13-14H2,1-2H3,(H,23,28)(H,24,27). The van der Waals surface area contributed by atoms with Gasteiger partial charge in [-0.15, -0.1) is 0 Å². The Bertz CT molecular complexity index is 965. The second-order valence-corrected chi connectivity index (χ2v) is 6.42. The van der Waals surface area contributed by atoms with Crippen LogP contribution in [0, 0.1) is 0 Å². The molecule has 1 aromatic heterocycles. The Hall–Kier alpha value is -3.61. The molecule has 0 unspecified atom stereocenters. The van der Waals surface area contributed by atoms with Gasteiger partial charge in [0.25, 0.3) is 5.91 Å². The Morgan fingerprint density at radius 1 is 1.07 bits per heavy atom. The Balaban J connectivity index is 1.69. The van der Waals surface area contributed by atoms with Crippen LogP contribution in [-0.2, 0) is 11.2 Å². The van der Waals surface area contributed by atoms with E-state index in [2.05, 4.69) is 15.7 Å². The number of aromatic nitrogens is 2. The first kappa shape index (κ1) is 20.1. The summed E-state index contributed by atoms with van der Waals surface area (Å²) in [5, 5.41) is 10.1. The van der Waals surface area contributed by atoms with Crippen molar-refractivity contribution in [3.8, 4) is 11.4 Å². The molecule has 0 aliphatic rings. The molecule has 0 saturated carbocycles. The van der Waals surface area contributed by atoms with Crippen LogP contribution >= 0.6 is 0 Å². The van der Waals surface area contributed by atoms with Gasteiger partial charge >= 0.3 is 0 Å². The molecular weight excluding hydrogens is 368 g/mol. The van der Waals surface area contributed by atoms with Crippen molar-refractivity contribution >= 4 is 17.6 Å². The summed E-state index contributed by atoms with van der Waals surface area (Å²) in [5.74, 6) is 0.822. The number of benzene rings is 2. The van der Waals surface area contributed by atoms with Gasteiger partial charge in [0.15, 0.2) is 5.69 Å². The van der Waals surface area contributed by atoms with E-state index in [4.69, 9.17) is 4.74 Å². The van der Waals surface area contributed by atoms with Gasteiger partial charge in [-0.05, 0) is 36.2 Å². The van der Waals surface area contributed by atoms with Gasteiger partial charge in [-0.1, -0.05) is 37.3 Å². The molecule has 2 aromatic carbocycles. The lowest BCUT2D eigenvalue weighted by Crippen LogP contribution is -2.26. The Labute approximate surface area is 169 Å². The number of rotatable bonds is 8. The minimum Gasteiger partial charge on any atom is -0.497 e. The lowest BCUT2D eigenvalue weighted by atomic mass is 10.1. The fourth-order valence-corrected chi connectivity index (χ4v) is 2.78. The lowest BCUT2D eigenvalue weighted by molar-refractivity contribution is -0.115. The van der Waals surface area contributed by atoms with E-state index in [1.807, 2.05) is 54.6 Å². The van der Waals surface area contributed by atoms with Crippen LogP contribution in [0.25, 0.3) is 5.69 Å². The van der Waals surface area contributed by atoms with E-state index >= 15 is 0 Å². The third-order valence-electron chi connectivity index (χ3n) is 4.39. The summed E-state index contributed by atoms with van der Waals surface area (Å²) in [7, 11) is 1.63. The molecule has 1 heterocycles. The fraction of sp³-hybridized carbons (Fsp3) is 0.227. The van der Waals surface area contributed by atoms with Gasteiger partial charge in [0.05, 0.1) is 12.8 Å². The molecule has 0 fully saturated rings. The van der Waals surface area contributed by atoms with Crippen LogP contribution in [0.4, 0.5) is 5.82 Å². The third kappa shape index (κ3) is 5.22. The van der Waals surface area contributed by atoms with E-state index in [1.165, 1.54) is 0 Å². The zero-order valence-electron chi connectivity index (χ0n) is 16.5. The number of ether oxygens (including phenoxy) is 1. The van der Waals surface area contributed by atoms with Crippen LogP contribution < -0.4 is 15.4 Å². The van der Waals surface area contributed by atoms with Gasteiger partial charge < -0.3 is 15.4 Å². The topological polar surface area (TPSA) is 85.2 Å². The summed E-state index contributed by atoms with van der Waals surface area (Å²) in [6.45, 7) is 2.24. The summed E-state index contributed by atoms with van der Waals surface area (Å²) in [4.78, 5) is 24.4. The predicted molar refractivity (Wildman–Crippen MR) is 112 cm³/mol. The first-order valence-corrected chi connectivity index (χ1v) is 9.47. The third-order valence-corrected chi connectivity index (χ3v) is 4.39. The molecule has 0 aliphatic heterocycles.